The van der Waals surface area contributed by atoms with Crippen molar-refractivity contribution in [1.82, 2.24) is 10.2 Å². The van der Waals surface area contributed by atoms with Crippen LogP contribution >= 0.6 is 11.3 Å². The lowest BCUT2D eigenvalue weighted by molar-refractivity contribution is -0.130. The van der Waals surface area contributed by atoms with Crippen molar-refractivity contribution in [1.29, 1.82) is 0 Å². The SMILES string of the molecule is CC(C)CNC(N)=NCC(=O)N1CCc2sccc2C1. The maximum absolute atomic E-state index is 12.1. The van der Waals surface area contributed by atoms with E-state index in [0.29, 0.717) is 18.4 Å². The third-order valence-electron chi connectivity index (χ3n) is 3.24. The Kier molecular flexibility index (Phi) is 5.00. The van der Waals surface area contributed by atoms with Crippen LogP contribution in [-0.2, 0) is 17.8 Å². The molecule has 110 valence electrons. The van der Waals surface area contributed by atoms with E-state index in [1.165, 1.54) is 10.4 Å². The van der Waals surface area contributed by atoms with Crippen LogP contribution in [0.2, 0.25) is 0 Å². The van der Waals surface area contributed by atoms with E-state index in [1.807, 2.05) is 4.90 Å². The monoisotopic (exact) mass is 294 g/mol. The largest absolute Gasteiger partial charge is 0.370 e. The number of nitrogens with two attached hydrogens (primary N) is 1. The molecule has 0 unspecified atom stereocenters. The fourth-order valence-electron chi connectivity index (χ4n) is 2.08. The molecule has 3 N–H and O–H groups in total. The van der Waals surface area contributed by atoms with Gasteiger partial charge in [-0.1, -0.05) is 13.8 Å². The van der Waals surface area contributed by atoms with Gasteiger partial charge in [0.05, 0.1) is 0 Å². The van der Waals surface area contributed by atoms with Crippen molar-refractivity contribution in [3.05, 3.63) is 21.9 Å². The number of thiophene rings is 1. The summed E-state index contributed by atoms with van der Waals surface area (Å²) in [7, 11) is 0. The van der Waals surface area contributed by atoms with Crippen LogP contribution in [0.1, 0.15) is 24.3 Å². The lowest BCUT2D eigenvalue weighted by atomic mass is 10.1. The number of hydrogen-bond donors (Lipinski definition) is 2. The first kappa shape index (κ1) is 14.8. The standard InChI is InChI=1S/C14H22N4OS/c1-10(2)7-16-14(15)17-8-13(19)18-5-3-12-11(9-18)4-6-20-12/h4,6,10H,3,5,7-9H2,1-2H3,(H3,15,16,17). The highest BCUT2D eigenvalue weighted by Gasteiger charge is 2.20. The molecule has 1 amide bonds. The molecule has 20 heavy (non-hydrogen) atoms. The van der Waals surface area contributed by atoms with Gasteiger partial charge in [0, 0.05) is 24.5 Å². The Morgan fingerprint density at radius 2 is 2.40 bits per heavy atom. The van der Waals surface area contributed by atoms with E-state index in [9.17, 15) is 4.79 Å². The lowest BCUT2D eigenvalue weighted by Gasteiger charge is -2.26. The Morgan fingerprint density at radius 3 is 3.15 bits per heavy atom. The Hall–Kier alpha value is -1.56. The summed E-state index contributed by atoms with van der Waals surface area (Å²) in [4.78, 5) is 19.5. The van der Waals surface area contributed by atoms with Gasteiger partial charge >= 0.3 is 0 Å². The maximum atomic E-state index is 12.1. The predicted octanol–water partition coefficient (Wildman–Crippen LogP) is 1.19. The second-order valence-electron chi connectivity index (χ2n) is 5.41. The average Bonchev–Trinajstić information content (AvgIpc) is 2.89. The summed E-state index contributed by atoms with van der Waals surface area (Å²) in [5, 5.41) is 5.10. The van der Waals surface area contributed by atoms with Gasteiger partial charge in [0.1, 0.15) is 6.54 Å². The second-order valence-corrected chi connectivity index (χ2v) is 6.41. The van der Waals surface area contributed by atoms with Crippen LogP contribution in [0.4, 0.5) is 0 Å². The highest BCUT2D eigenvalue weighted by molar-refractivity contribution is 7.10. The summed E-state index contributed by atoms with van der Waals surface area (Å²) in [6.07, 6.45) is 0.948. The first-order chi connectivity index (χ1) is 9.56. The van der Waals surface area contributed by atoms with Crippen LogP contribution in [0.15, 0.2) is 16.4 Å². The van der Waals surface area contributed by atoms with Crippen LogP contribution in [0.25, 0.3) is 0 Å². The van der Waals surface area contributed by atoms with Gasteiger partial charge in [-0.2, -0.15) is 0 Å². The summed E-state index contributed by atoms with van der Waals surface area (Å²) >= 11 is 1.77. The lowest BCUT2D eigenvalue weighted by Crippen LogP contribution is -2.39. The number of nitrogens with zero attached hydrogens (tertiary/aromatic N) is 2. The smallest absolute Gasteiger partial charge is 0.244 e. The molecule has 1 aliphatic rings. The van der Waals surface area contributed by atoms with Gasteiger partial charge in [-0.05, 0) is 29.3 Å². The molecule has 1 aromatic heterocycles. The highest BCUT2D eigenvalue weighted by Crippen LogP contribution is 2.23. The molecular weight excluding hydrogens is 272 g/mol. The Balaban J connectivity index is 1.82. The molecule has 0 fully saturated rings. The predicted molar refractivity (Wildman–Crippen MR) is 82.8 cm³/mol. The van der Waals surface area contributed by atoms with Crippen molar-refractivity contribution < 1.29 is 4.79 Å². The summed E-state index contributed by atoms with van der Waals surface area (Å²) in [5.41, 5.74) is 7.00. The van der Waals surface area contributed by atoms with Crippen LogP contribution in [-0.4, -0.2) is 36.4 Å². The zero-order chi connectivity index (χ0) is 14.5. The molecule has 2 heterocycles. The van der Waals surface area contributed by atoms with Gasteiger partial charge in [-0.25, -0.2) is 4.99 Å². The third kappa shape index (κ3) is 3.96. The number of hydrogen-bond acceptors (Lipinski definition) is 3. The molecule has 1 aromatic rings. The Labute approximate surface area is 123 Å². The van der Waals surface area contributed by atoms with Crippen LogP contribution in [0, 0.1) is 5.92 Å². The van der Waals surface area contributed by atoms with Crippen molar-refractivity contribution in [2.24, 2.45) is 16.6 Å². The molecule has 5 nitrogen and oxygen atoms in total. The van der Waals surface area contributed by atoms with E-state index >= 15 is 0 Å². The summed E-state index contributed by atoms with van der Waals surface area (Å²) in [5.74, 6) is 0.884. The van der Waals surface area contributed by atoms with Crippen LogP contribution in [0.5, 0.6) is 0 Å². The maximum Gasteiger partial charge on any atom is 0.244 e. The van der Waals surface area contributed by atoms with Crippen molar-refractivity contribution in [3.63, 3.8) is 0 Å². The molecule has 0 aliphatic carbocycles. The summed E-state index contributed by atoms with van der Waals surface area (Å²) in [6.45, 7) is 6.56. The first-order valence-corrected chi connectivity index (χ1v) is 7.81. The van der Waals surface area contributed by atoms with Crippen molar-refractivity contribution >= 4 is 23.2 Å². The zero-order valence-corrected chi connectivity index (χ0v) is 12.9. The van der Waals surface area contributed by atoms with Gasteiger partial charge < -0.3 is 16.0 Å². The number of nitrogens with one attached hydrogen (secondary N) is 1. The minimum atomic E-state index is 0.0381. The van der Waals surface area contributed by atoms with E-state index in [1.54, 1.807) is 11.3 Å². The highest BCUT2D eigenvalue weighted by atomic mass is 32.1. The van der Waals surface area contributed by atoms with Gasteiger partial charge in [0.15, 0.2) is 5.96 Å². The number of carbonyl (C=O) groups is 1. The molecule has 0 atom stereocenters. The molecule has 0 radical (unpaired) electrons. The number of aliphatic imine (C=N–C) groups is 1. The van der Waals surface area contributed by atoms with Crippen molar-refractivity contribution in [2.45, 2.75) is 26.8 Å². The van der Waals surface area contributed by atoms with E-state index in [2.05, 4.69) is 35.6 Å². The number of amides is 1. The normalized spacial score (nSPS) is 15.3. The molecule has 0 saturated carbocycles. The van der Waals surface area contributed by atoms with Crippen LogP contribution in [0.3, 0.4) is 0 Å². The summed E-state index contributed by atoms with van der Waals surface area (Å²) in [6, 6.07) is 2.10. The van der Waals surface area contributed by atoms with Gasteiger partial charge in [0.25, 0.3) is 0 Å². The fourth-order valence-corrected chi connectivity index (χ4v) is 2.97. The first-order valence-electron chi connectivity index (χ1n) is 6.93. The molecule has 0 saturated heterocycles. The van der Waals surface area contributed by atoms with E-state index in [0.717, 1.165) is 19.5 Å². The topological polar surface area (TPSA) is 70.7 Å². The Bertz CT molecular complexity index is 495. The van der Waals surface area contributed by atoms with Gasteiger partial charge in [-0.3, -0.25) is 4.79 Å². The fraction of sp³-hybridized carbons (Fsp3) is 0.571. The molecule has 0 bridgehead atoms. The average molecular weight is 294 g/mol. The van der Waals surface area contributed by atoms with Gasteiger partial charge in [-0.15, -0.1) is 11.3 Å². The van der Waals surface area contributed by atoms with Crippen LogP contribution < -0.4 is 11.1 Å². The number of guanidine groups is 1. The second kappa shape index (κ2) is 6.74. The number of fused-ring (bicyclic) bond motifs is 1. The van der Waals surface area contributed by atoms with E-state index in [-0.39, 0.29) is 12.5 Å². The molecule has 2 rings (SSSR count). The van der Waals surface area contributed by atoms with Crippen molar-refractivity contribution in [2.75, 3.05) is 19.6 Å². The number of rotatable bonds is 4. The minimum absolute atomic E-state index is 0.0381. The number of carbonyl (C=O) groups excluding carboxylic acids is 1. The van der Waals surface area contributed by atoms with Crippen molar-refractivity contribution in [3.8, 4) is 0 Å². The molecule has 0 spiro atoms. The Morgan fingerprint density at radius 1 is 1.60 bits per heavy atom. The zero-order valence-electron chi connectivity index (χ0n) is 12.1. The molecular formula is C14H22N4OS. The quantitative estimate of drug-likeness (QED) is 0.647. The summed E-state index contributed by atoms with van der Waals surface area (Å²) < 4.78 is 0. The van der Waals surface area contributed by atoms with E-state index in [4.69, 9.17) is 5.73 Å². The van der Waals surface area contributed by atoms with Gasteiger partial charge in [0.2, 0.25) is 5.91 Å². The minimum Gasteiger partial charge on any atom is -0.370 e. The molecule has 6 heteroatoms. The molecule has 1 aliphatic heterocycles. The molecule has 0 aromatic carbocycles. The third-order valence-corrected chi connectivity index (χ3v) is 4.26. The van der Waals surface area contributed by atoms with E-state index < -0.39 is 0 Å².